The number of nitrogens with zero attached hydrogens (tertiary/aromatic N) is 1. The molecule has 2 nitrogen and oxygen atoms in total. The molecule has 1 aromatic heterocycles. The summed E-state index contributed by atoms with van der Waals surface area (Å²) in [6.07, 6.45) is 3.36. The highest BCUT2D eigenvalue weighted by molar-refractivity contribution is 6.29. The summed E-state index contributed by atoms with van der Waals surface area (Å²) in [7, 11) is 0. The van der Waals surface area contributed by atoms with Crippen molar-refractivity contribution in [3.8, 4) is 11.1 Å². The lowest BCUT2D eigenvalue weighted by Gasteiger charge is -2.31. The van der Waals surface area contributed by atoms with E-state index in [1.807, 2.05) is 12.1 Å². The van der Waals surface area contributed by atoms with E-state index in [0.29, 0.717) is 0 Å². The highest BCUT2D eigenvalue weighted by atomic mass is 16.3. The van der Waals surface area contributed by atoms with Crippen LogP contribution in [0.1, 0.15) is 36.1 Å². The van der Waals surface area contributed by atoms with E-state index in [2.05, 4.69) is 165 Å². The van der Waals surface area contributed by atoms with Gasteiger partial charge in [-0.2, -0.15) is 0 Å². The van der Waals surface area contributed by atoms with E-state index in [1.165, 1.54) is 60.1 Å². The fourth-order valence-electron chi connectivity index (χ4n) is 8.49. The fraction of sp³-hybridized carbons (Fsp3) is 0.0816. The number of rotatable bonds is 5. The first-order chi connectivity index (χ1) is 25.2. The van der Waals surface area contributed by atoms with Crippen LogP contribution in [-0.2, 0) is 0 Å². The second-order valence-electron chi connectivity index (χ2n) is 13.7. The Labute approximate surface area is 297 Å². The molecule has 0 aliphatic carbocycles. The van der Waals surface area contributed by atoms with E-state index in [9.17, 15) is 0 Å². The average molecular weight is 654 g/mol. The van der Waals surface area contributed by atoms with Crippen LogP contribution in [0.5, 0.6) is 0 Å². The molecule has 0 saturated carbocycles. The molecule has 0 fully saturated rings. The lowest BCUT2D eigenvalue weighted by Crippen LogP contribution is -2.20. The highest BCUT2D eigenvalue weighted by Gasteiger charge is 2.30. The zero-order valence-electron chi connectivity index (χ0n) is 28.4. The van der Waals surface area contributed by atoms with Crippen LogP contribution in [0.2, 0.25) is 0 Å². The Balaban J connectivity index is 1.21. The largest absolute Gasteiger partial charge is 0.456 e. The molecule has 2 atom stereocenters. The minimum absolute atomic E-state index is 0.0379. The van der Waals surface area contributed by atoms with E-state index < -0.39 is 0 Å². The van der Waals surface area contributed by atoms with Gasteiger partial charge in [0.1, 0.15) is 11.2 Å². The van der Waals surface area contributed by atoms with Crippen LogP contribution in [0.25, 0.3) is 71.0 Å². The zero-order chi connectivity index (χ0) is 33.9. The van der Waals surface area contributed by atoms with Crippen molar-refractivity contribution >= 4 is 65.5 Å². The molecule has 242 valence electrons. The molecule has 0 spiro atoms. The molecule has 0 radical (unpaired) electrons. The topological polar surface area (TPSA) is 25.5 Å². The molecule has 8 aromatic carbocycles. The van der Waals surface area contributed by atoms with E-state index in [0.717, 1.165) is 39.6 Å². The first-order valence-electron chi connectivity index (χ1n) is 17.9. The van der Waals surface area contributed by atoms with E-state index in [-0.39, 0.29) is 12.0 Å². The smallest absolute Gasteiger partial charge is 0.135 e. The maximum Gasteiger partial charge on any atom is 0.135 e. The summed E-state index contributed by atoms with van der Waals surface area (Å²) in [5.41, 5.74) is 10.3. The third-order valence-corrected chi connectivity index (χ3v) is 10.9. The second-order valence-corrected chi connectivity index (χ2v) is 13.7. The third-order valence-electron chi connectivity index (χ3n) is 10.9. The number of hydrogen-bond donors (Lipinski definition) is 0. The van der Waals surface area contributed by atoms with Gasteiger partial charge in [-0.05, 0) is 96.9 Å². The summed E-state index contributed by atoms with van der Waals surface area (Å²) in [6, 6.07) is 59.2. The van der Waals surface area contributed by atoms with Gasteiger partial charge >= 0.3 is 0 Å². The van der Waals surface area contributed by atoms with Gasteiger partial charge < -0.3 is 4.42 Å². The lowest BCUT2D eigenvalue weighted by atomic mass is 9.79. The Hall–Kier alpha value is -6.25. The van der Waals surface area contributed by atoms with Crippen LogP contribution < -0.4 is 0 Å². The predicted molar refractivity (Wildman–Crippen MR) is 216 cm³/mol. The monoisotopic (exact) mass is 653 g/mol. The van der Waals surface area contributed by atoms with Gasteiger partial charge in [-0.1, -0.05) is 146 Å². The molecule has 0 bridgehead atoms. The number of para-hydroxylation sites is 1. The molecular weight excluding hydrogens is 619 g/mol. The fourth-order valence-corrected chi connectivity index (χ4v) is 8.49. The molecule has 51 heavy (non-hydrogen) atoms. The van der Waals surface area contributed by atoms with Gasteiger partial charge in [0, 0.05) is 22.3 Å². The molecule has 0 N–H and O–H groups in total. The van der Waals surface area contributed by atoms with Crippen LogP contribution >= 0.6 is 0 Å². The van der Waals surface area contributed by atoms with Crippen molar-refractivity contribution in [2.24, 2.45) is 10.9 Å². The number of benzene rings is 8. The van der Waals surface area contributed by atoms with Crippen molar-refractivity contribution in [3.63, 3.8) is 0 Å². The number of furan rings is 1. The lowest BCUT2D eigenvalue weighted by molar-refractivity contribution is 0.519. The number of fused-ring (bicyclic) bond motifs is 9. The van der Waals surface area contributed by atoms with Crippen LogP contribution in [-0.4, -0.2) is 5.71 Å². The van der Waals surface area contributed by atoms with Gasteiger partial charge in [0.15, 0.2) is 0 Å². The minimum Gasteiger partial charge on any atom is -0.456 e. The summed E-state index contributed by atoms with van der Waals surface area (Å²) >= 11 is 0. The van der Waals surface area contributed by atoms with Crippen molar-refractivity contribution < 1.29 is 4.42 Å². The predicted octanol–water partition coefficient (Wildman–Crippen LogP) is 13.4. The molecule has 10 rings (SSSR count). The van der Waals surface area contributed by atoms with Crippen LogP contribution in [0.4, 0.5) is 0 Å². The number of dihydropyridines is 1. The molecule has 0 amide bonds. The molecule has 2 heterocycles. The van der Waals surface area contributed by atoms with Crippen molar-refractivity contribution in [1.82, 2.24) is 0 Å². The Morgan fingerprint density at radius 1 is 0.490 bits per heavy atom. The first kappa shape index (κ1) is 29.6. The van der Waals surface area contributed by atoms with Crippen molar-refractivity contribution in [2.75, 3.05) is 0 Å². The Kier molecular flexibility index (Phi) is 6.95. The van der Waals surface area contributed by atoms with Gasteiger partial charge in [0.2, 0.25) is 0 Å². The van der Waals surface area contributed by atoms with E-state index in [1.54, 1.807) is 0 Å². The van der Waals surface area contributed by atoms with E-state index in [4.69, 9.17) is 9.41 Å². The molecule has 2 unspecified atom stereocenters. The molecule has 1 aliphatic heterocycles. The number of allylic oxidation sites excluding steroid dienone is 1. The molecule has 9 aromatic rings. The second kappa shape index (κ2) is 12.0. The van der Waals surface area contributed by atoms with Crippen molar-refractivity contribution in [3.05, 3.63) is 187 Å². The van der Waals surface area contributed by atoms with Crippen LogP contribution in [0.3, 0.4) is 0 Å². The summed E-state index contributed by atoms with van der Waals surface area (Å²) in [5, 5.41) is 9.81. The third kappa shape index (κ3) is 4.82. The minimum atomic E-state index is 0.0379. The zero-order valence-corrected chi connectivity index (χ0v) is 28.4. The highest BCUT2D eigenvalue weighted by Crippen LogP contribution is 2.44. The molecule has 2 heteroatoms. The SMILES string of the molecule is CCC1C(c2ccccc2)=CC(c2ccc3c(c2)c2ccccc2c2cccc(-c4ccc5oc6ccccc6c5c4)c23)=NC1c1ccccc1. The van der Waals surface area contributed by atoms with Gasteiger partial charge in [0.25, 0.3) is 0 Å². The average Bonchev–Trinajstić information content (AvgIpc) is 3.58. The maximum absolute atomic E-state index is 6.20. The number of hydrogen-bond acceptors (Lipinski definition) is 2. The summed E-state index contributed by atoms with van der Waals surface area (Å²) < 4.78 is 6.20. The summed E-state index contributed by atoms with van der Waals surface area (Å²) in [4.78, 5) is 5.54. The summed E-state index contributed by atoms with van der Waals surface area (Å²) in [5.74, 6) is 0.288. The maximum atomic E-state index is 6.20. The molecular formula is C49H35NO. The van der Waals surface area contributed by atoms with Crippen molar-refractivity contribution in [2.45, 2.75) is 19.4 Å². The standard InChI is InChI=1S/C49H35NO/c1-2-35-42(31-14-5-3-6-15-31)30-45(50-49(35)32-16-7-4-8-17-32)34-24-26-41-43(29-34)38-19-10-9-18-37(38)40-22-13-21-36(48(40)41)33-25-27-47-44(28-33)39-20-11-12-23-46(39)51-47/h3-30,35,49H,2H2,1H3. The van der Waals surface area contributed by atoms with Gasteiger partial charge in [-0.3, -0.25) is 4.99 Å². The molecule has 0 saturated heterocycles. The van der Waals surface area contributed by atoms with E-state index >= 15 is 0 Å². The van der Waals surface area contributed by atoms with Crippen LogP contribution in [0.15, 0.2) is 179 Å². The van der Waals surface area contributed by atoms with Crippen LogP contribution in [0, 0.1) is 5.92 Å². The van der Waals surface area contributed by atoms with Gasteiger partial charge in [-0.25, -0.2) is 0 Å². The van der Waals surface area contributed by atoms with Gasteiger partial charge in [0.05, 0.1) is 11.8 Å². The molecule has 1 aliphatic rings. The first-order valence-corrected chi connectivity index (χ1v) is 17.9. The Morgan fingerprint density at radius 2 is 1.12 bits per heavy atom. The Bertz CT molecular complexity index is 2840. The number of aliphatic imine (C=N–C) groups is 1. The summed E-state index contributed by atoms with van der Waals surface area (Å²) in [6.45, 7) is 2.29. The quantitative estimate of drug-likeness (QED) is 0.170. The Morgan fingerprint density at radius 3 is 1.92 bits per heavy atom. The normalized spacial score (nSPS) is 16.3. The van der Waals surface area contributed by atoms with Crippen molar-refractivity contribution in [1.29, 1.82) is 0 Å². The van der Waals surface area contributed by atoms with Gasteiger partial charge in [-0.15, -0.1) is 0 Å².